The summed E-state index contributed by atoms with van der Waals surface area (Å²) in [7, 11) is 0. The number of rotatable bonds is 7. The van der Waals surface area contributed by atoms with Gasteiger partial charge in [-0.3, -0.25) is 9.69 Å². The number of carbonyl (C=O) groups excluding carboxylic acids is 1. The minimum atomic E-state index is 0.0837. The summed E-state index contributed by atoms with van der Waals surface area (Å²) >= 11 is 0. The predicted molar refractivity (Wildman–Crippen MR) is 75.4 cm³/mol. The molecule has 0 heterocycles. The third-order valence-electron chi connectivity index (χ3n) is 2.94. The molecule has 0 aromatic heterocycles. The van der Waals surface area contributed by atoms with Gasteiger partial charge in [0, 0.05) is 18.8 Å². The van der Waals surface area contributed by atoms with Crippen LogP contribution in [0.25, 0.3) is 0 Å². The van der Waals surface area contributed by atoms with E-state index in [0.717, 1.165) is 30.8 Å². The van der Waals surface area contributed by atoms with Crippen LogP contribution in [-0.4, -0.2) is 37.0 Å². The molecule has 0 bridgehead atoms. The van der Waals surface area contributed by atoms with E-state index in [0.29, 0.717) is 13.1 Å². The molecule has 0 spiro atoms. The van der Waals surface area contributed by atoms with Crippen molar-refractivity contribution in [1.82, 2.24) is 10.2 Å². The second-order valence-corrected chi connectivity index (χ2v) is 4.27. The highest BCUT2D eigenvalue weighted by atomic mass is 16.2. The van der Waals surface area contributed by atoms with Gasteiger partial charge in [-0.1, -0.05) is 25.1 Å². The largest absolute Gasteiger partial charge is 0.399 e. The Hall–Kier alpha value is -1.55. The van der Waals surface area contributed by atoms with E-state index in [1.54, 1.807) is 0 Å². The number of amides is 1. The lowest BCUT2D eigenvalue weighted by atomic mass is 10.1. The van der Waals surface area contributed by atoms with Crippen molar-refractivity contribution in [3.63, 3.8) is 0 Å². The molecule has 0 saturated carbocycles. The zero-order valence-electron chi connectivity index (χ0n) is 11.3. The van der Waals surface area contributed by atoms with Gasteiger partial charge in [0.05, 0.1) is 6.54 Å². The first-order valence-electron chi connectivity index (χ1n) is 6.49. The maximum absolute atomic E-state index is 11.5. The second kappa shape index (κ2) is 7.71. The fourth-order valence-electron chi connectivity index (χ4n) is 1.85. The van der Waals surface area contributed by atoms with E-state index < -0.39 is 0 Å². The number of carbonyl (C=O) groups is 1. The van der Waals surface area contributed by atoms with Gasteiger partial charge in [0.1, 0.15) is 0 Å². The van der Waals surface area contributed by atoms with Crippen LogP contribution in [0.1, 0.15) is 19.4 Å². The fraction of sp³-hybridized carbons (Fsp3) is 0.500. The molecule has 0 aliphatic carbocycles. The Morgan fingerprint density at radius 3 is 2.67 bits per heavy atom. The van der Waals surface area contributed by atoms with Gasteiger partial charge in [0.25, 0.3) is 0 Å². The first-order valence-corrected chi connectivity index (χ1v) is 6.49. The molecular formula is C14H23N3O. The second-order valence-electron chi connectivity index (χ2n) is 4.27. The number of nitrogens with zero attached hydrogens (tertiary/aromatic N) is 1. The number of nitrogens with two attached hydrogens (primary N) is 1. The summed E-state index contributed by atoms with van der Waals surface area (Å²) < 4.78 is 0. The van der Waals surface area contributed by atoms with Crippen LogP contribution < -0.4 is 11.1 Å². The molecule has 0 fully saturated rings. The van der Waals surface area contributed by atoms with Gasteiger partial charge in [-0.25, -0.2) is 0 Å². The minimum absolute atomic E-state index is 0.0837. The Labute approximate surface area is 109 Å². The zero-order valence-corrected chi connectivity index (χ0v) is 11.3. The number of para-hydroxylation sites is 1. The number of nitrogen functional groups attached to an aromatic ring is 1. The Bertz CT molecular complexity index is 379. The Morgan fingerprint density at radius 2 is 2.06 bits per heavy atom. The molecule has 1 amide bonds. The van der Waals surface area contributed by atoms with Crippen molar-refractivity contribution in [1.29, 1.82) is 0 Å². The quantitative estimate of drug-likeness (QED) is 0.715. The van der Waals surface area contributed by atoms with Gasteiger partial charge in [-0.2, -0.15) is 0 Å². The van der Waals surface area contributed by atoms with Crippen LogP contribution in [0.15, 0.2) is 24.3 Å². The Balaban J connectivity index is 2.44. The molecule has 1 aromatic carbocycles. The van der Waals surface area contributed by atoms with Gasteiger partial charge in [-0.15, -0.1) is 0 Å². The van der Waals surface area contributed by atoms with E-state index in [9.17, 15) is 4.79 Å². The van der Waals surface area contributed by atoms with Crippen LogP contribution >= 0.6 is 0 Å². The molecule has 0 radical (unpaired) electrons. The topological polar surface area (TPSA) is 58.4 Å². The van der Waals surface area contributed by atoms with E-state index in [1.165, 1.54) is 0 Å². The van der Waals surface area contributed by atoms with Crippen molar-refractivity contribution < 1.29 is 4.79 Å². The molecule has 0 unspecified atom stereocenters. The molecule has 18 heavy (non-hydrogen) atoms. The summed E-state index contributed by atoms with van der Waals surface area (Å²) in [5.41, 5.74) is 7.87. The van der Waals surface area contributed by atoms with Gasteiger partial charge in [-0.05, 0) is 31.5 Å². The van der Waals surface area contributed by atoms with Gasteiger partial charge in [0.15, 0.2) is 0 Å². The molecule has 0 aliphatic rings. The molecule has 4 nitrogen and oxygen atoms in total. The average molecular weight is 249 g/mol. The van der Waals surface area contributed by atoms with Gasteiger partial charge in [0.2, 0.25) is 5.91 Å². The molecule has 0 saturated heterocycles. The third-order valence-corrected chi connectivity index (χ3v) is 2.94. The molecular weight excluding hydrogens is 226 g/mol. The molecule has 0 aliphatic heterocycles. The molecule has 4 heteroatoms. The number of hydrogen-bond donors (Lipinski definition) is 2. The Kier molecular flexibility index (Phi) is 6.22. The molecule has 1 aromatic rings. The van der Waals surface area contributed by atoms with E-state index in [2.05, 4.69) is 17.1 Å². The van der Waals surface area contributed by atoms with E-state index in [1.807, 2.05) is 31.2 Å². The normalized spacial score (nSPS) is 10.6. The monoisotopic (exact) mass is 249 g/mol. The van der Waals surface area contributed by atoms with E-state index >= 15 is 0 Å². The molecule has 3 N–H and O–H groups in total. The Morgan fingerprint density at radius 1 is 1.33 bits per heavy atom. The molecule has 0 atom stereocenters. The maximum atomic E-state index is 11.5. The standard InChI is InChI=1S/C14H23N3O/c1-3-16-14(18)11-17(4-2)10-9-12-7-5-6-8-13(12)15/h5-8H,3-4,9-11,15H2,1-2H3,(H,16,18). The summed E-state index contributed by atoms with van der Waals surface area (Å²) in [6, 6.07) is 7.88. The number of nitrogens with one attached hydrogen (secondary N) is 1. The SMILES string of the molecule is CCNC(=O)CN(CC)CCc1ccccc1N. The van der Waals surface area contributed by atoms with Gasteiger partial charge >= 0.3 is 0 Å². The number of benzene rings is 1. The van der Waals surface area contributed by atoms with E-state index in [-0.39, 0.29) is 5.91 Å². The van der Waals surface area contributed by atoms with Crippen LogP contribution in [0.2, 0.25) is 0 Å². The first kappa shape index (κ1) is 14.5. The lowest BCUT2D eigenvalue weighted by Crippen LogP contribution is -2.38. The first-order chi connectivity index (χ1) is 8.67. The van der Waals surface area contributed by atoms with Crippen molar-refractivity contribution in [2.24, 2.45) is 0 Å². The summed E-state index contributed by atoms with van der Waals surface area (Å²) in [5.74, 6) is 0.0837. The third kappa shape index (κ3) is 4.75. The maximum Gasteiger partial charge on any atom is 0.234 e. The van der Waals surface area contributed by atoms with Crippen LogP contribution in [0.3, 0.4) is 0 Å². The summed E-state index contributed by atoms with van der Waals surface area (Å²) in [6.07, 6.45) is 0.875. The van der Waals surface area contributed by atoms with Crippen molar-refractivity contribution >= 4 is 11.6 Å². The van der Waals surface area contributed by atoms with Crippen LogP contribution in [0.5, 0.6) is 0 Å². The lowest BCUT2D eigenvalue weighted by molar-refractivity contribution is -0.122. The molecule has 1 rings (SSSR count). The summed E-state index contributed by atoms with van der Waals surface area (Å²) in [4.78, 5) is 13.6. The molecule has 100 valence electrons. The minimum Gasteiger partial charge on any atom is -0.399 e. The van der Waals surface area contributed by atoms with Crippen molar-refractivity contribution in [3.8, 4) is 0 Å². The van der Waals surface area contributed by atoms with Gasteiger partial charge < -0.3 is 11.1 Å². The zero-order chi connectivity index (χ0) is 13.4. The smallest absolute Gasteiger partial charge is 0.234 e. The number of hydrogen-bond acceptors (Lipinski definition) is 3. The average Bonchev–Trinajstić information content (AvgIpc) is 2.36. The summed E-state index contributed by atoms with van der Waals surface area (Å²) in [6.45, 7) is 6.84. The highest BCUT2D eigenvalue weighted by molar-refractivity contribution is 5.77. The van der Waals surface area contributed by atoms with Crippen molar-refractivity contribution in [2.45, 2.75) is 20.3 Å². The van der Waals surface area contributed by atoms with Crippen LogP contribution in [0.4, 0.5) is 5.69 Å². The van der Waals surface area contributed by atoms with Crippen molar-refractivity contribution in [3.05, 3.63) is 29.8 Å². The number of anilines is 1. The lowest BCUT2D eigenvalue weighted by Gasteiger charge is -2.20. The predicted octanol–water partition coefficient (Wildman–Crippen LogP) is 1.27. The van der Waals surface area contributed by atoms with E-state index in [4.69, 9.17) is 5.73 Å². The summed E-state index contributed by atoms with van der Waals surface area (Å²) in [5, 5.41) is 2.81. The van der Waals surface area contributed by atoms with Crippen LogP contribution in [-0.2, 0) is 11.2 Å². The number of likely N-dealkylation sites (N-methyl/N-ethyl adjacent to an activating group) is 2. The fourth-order valence-corrected chi connectivity index (χ4v) is 1.85. The highest BCUT2D eigenvalue weighted by Crippen LogP contribution is 2.11. The highest BCUT2D eigenvalue weighted by Gasteiger charge is 2.08. The van der Waals surface area contributed by atoms with Crippen molar-refractivity contribution in [2.75, 3.05) is 31.9 Å². The van der Waals surface area contributed by atoms with Crippen LogP contribution in [0, 0.1) is 0 Å².